The third-order valence-corrected chi connectivity index (χ3v) is 6.30. The van der Waals surface area contributed by atoms with Gasteiger partial charge in [-0.1, -0.05) is 18.2 Å². The van der Waals surface area contributed by atoms with Crippen molar-refractivity contribution in [1.29, 1.82) is 0 Å². The Kier molecular flexibility index (Phi) is 5.93. The average Bonchev–Trinajstić information content (AvgIpc) is 3.19. The summed E-state index contributed by atoms with van der Waals surface area (Å²) in [5.41, 5.74) is 4.43. The molecule has 0 spiro atoms. The van der Waals surface area contributed by atoms with E-state index in [0.29, 0.717) is 11.4 Å². The van der Waals surface area contributed by atoms with Gasteiger partial charge in [-0.2, -0.15) is 0 Å². The molecule has 4 aromatic rings. The molecule has 0 saturated carbocycles. The maximum atomic E-state index is 5.89. The summed E-state index contributed by atoms with van der Waals surface area (Å²) in [5, 5.41) is 4.92. The summed E-state index contributed by atoms with van der Waals surface area (Å²) in [7, 11) is 3.34. The molecular formula is C25H25N5O2S. The maximum absolute atomic E-state index is 5.89. The Morgan fingerprint density at radius 2 is 1.73 bits per heavy atom. The van der Waals surface area contributed by atoms with Crippen LogP contribution in [0.1, 0.15) is 11.1 Å². The molecule has 0 fully saturated rings. The van der Waals surface area contributed by atoms with Gasteiger partial charge in [-0.25, -0.2) is 4.68 Å². The molecule has 8 heteroatoms. The van der Waals surface area contributed by atoms with E-state index in [9.17, 15) is 0 Å². The Morgan fingerprint density at radius 1 is 0.970 bits per heavy atom. The van der Waals surface area contributed by atoms with Crippen LogP contribution in [-0.4, -0.2) is 45.0 Å². The molecule has 0 unspecified atom stereocenters. The molecular weight excluding hydrogens is 434 g/mol. The van der Waals surface area contributed by atoms with E-state index in [4.69, 9.17) is 26.8 Å². The molecule has 0 amide bonds. The van der Waals surface area contributed by atoms with Gasteiger partial charge in [-0.05, 0) is 66.2 Å². The van der Waals surface area contributed by atoms with E-state index in [0.717, 1.165) is 48.1 Å². The lowest BCUT2D eigenvalue weighted by Crippen LogP contribution is -2.32. The van der Waals surface area contributed by atoms with Crippen LogP contribution in [0.15, 0.2) is 67.0 Å². The summed E-state index contributed by atoms with van der Waals surface area (Å²) in [4.78, 5) is 6.62. The third kappa shape index (κ3) is 4.15. The first-order chi connectivity index (χ1) is 16.2. The molecule has 2 aromatic carbocycles. The minimum absolute atomic E-state index is 0.597. The number of para-hydroxylation sites is 1. The molecule has 1 aliphatic heterocycles. The first-order valence-corrected chi connectivity index (χ1v) is 11.2. The zero-order valence-corrected chi connectivity index (χ0v) is 19.5. The quantitative estimate of drug-likeness (QED) is 0.396. The van der Waals surface area contributed by atoms with Crippen molar-refractivity contribution < 1.29 is 9.47 Å². The zero-order chi connectivity index (χ0) is 22.8. The van der Waals surface area contributed by atoms with Gasteiger partial charge in [-0.3, -0.25) is 14.5 Å². The molecule has 168 valence electrons. The molecule has 3 heterocycles. The topological polar surface area (TPSA) is 57.3 Å². The summed E-state index contributed by atoms with van der Waals surface area (Å²) in [6.07, 6.45) is 4.51. The maximum Gasteiger partial charge on any atom is 0.204 e. The van der Waals surface area contributed by atoms with Gasteiger partial charge < -0.3 is 9.47 Å². The van der Waals surface area contributed by atoms with E-state index in [-0.39, 0.29) is 0 Å². The van der Waals surface area contributed by atoms with Crippen molar-refractivity contribution in [3.05, 3.63) is 82.9 Å². The molecule has 1 aliphatic rings. The van der Waals surface area contributed by atoms with Crippen LogP contribution in [0.4, 0.5) is 0 Å². The van der Waals surface area contributed by atoms with Crippen LogP contribution in [-0.2, 0) is 19.6 Å². The lowest BCUT2D eigenvalue weighted by Gasteiger charge is -2.29. The van der Waals surface area contributed by atoms with Gasteiger partial charge in [0, 0.05) is 36.7 Å². The predicted molar refractivity (Wildman–Crippen MR) is 129 cm³/mol. The second kappa shape index (κ2) is 9.17. The van der Waals surface area contributed by atoms with Crippen molar-refractivity contribution in [2.24, 2.45) is 0 Å². The smallest absolute Gasteiger partial charge is 0.204 e. The van der Waals surface area contributed by atoms with E-state index in [2.05, 4.69) is 22.0 Å². The number of hydrogen-bond donors (Lipinski definition) is 0. The molecule has 7 nitrogen and oxygen atoms in total. The highest BCUT2D eigenvalue weighted by atomic mass is 32.1. The normalized spacial score (nSPS) is 13.5. The summed E-state index contributed by atoms with van der Waals surface area (Å²) in [6, 6.07) is 18.2. The Balaban J connectivity index is 1.49. The van der Waals surface area contributed by atoms with Crippen molar-refractivity contribution in [2.75, 3.05) is 20.8 Å². The van der Waals surface area contributed by atoms with Crippen LogP contribution in [0.3, 0.4) is 0 Å². The number of ether oxygens (including phenoxy) is 2. The fourth-order valence-corrected chi connectivity index (χ4v) is 4.53. The van der Waals surface area contributed by atoms with Crippen molar-refractivity contribution in [1.82, 2.24) is 24.2 Å². The van der Waals surface area contributed by atoms with Gasteiger partial charge in [0.1, 0.15) is 0 Å². The average molecular weight is 460 g/mol. The van der Waals surface area contributed by atoms with E-state index in [1.807, 2.05) is 57.9 Å². The summed E-state index contributed by atoms with van der Waals surface area (Å²) in [6.45, 7) is 2.29. The fraction of sp³-hybridized carbons (Fsp3) is 0.240. The monoisotopic (exact) mass is 459 g/mol. The Morgan fingerprint density at radius 3 is 2.42 bits per heavy atom. The zero-order valence-electron chi connectivity index (χ0n) is 18.6. The van der Waals surface area contributed by atoms with Crippen LogP contribution >= 0.6 is 12.2 Å². The minimum atomic E-state index is 0.597. The van der Waals surface area contributed by atoms with Crippen LogP contribution in [0.5, 0.6) is 11.5 Å². The van der Waals surface area contributed by atoms with Crippen LogP contribution < -0.4 is 9.47 Å². The molecule has 33 heavy (non-hydrogen) atoms. The third-order valence-electron chi connectivity index (χ3n) is 5.90. The SMILES string of the molecule is COc1cc2c(cc1OC)CN(Cn1nc(-c3cccnc3)n(-c3ccccc3)c1=S)CC2. The Labute approximate surface area is 197 Å². The van der Waals surface area contributed by atoms with Gasteiger partial charge in [0.05, 0.1) is 20.9 Å². The van der Waals surface area contributed by atoms with E-state index in [1.54, 1.807) is 20.4 Å². The Bertz CT molecular complexity index is 1320. The number of fused-ring (bicyclic) bond motifs is 1. The second-order valence-electron chi connectivity index (χ2n) is 7.94. The predicted octanol–water partition coefficient (Wildman–Crippen LogP) is 4.50. The molecule has 0 bridgehead atoms. The first-order valence-electron chi connectivity index (χ1n) is 10.8. The van der Waals surface area contributed by atoms with Crippen molar-refractivity contribution >= 4 is 12.2 Å². The lowest BCUT2D eigenvalue weighted by atomic mass is 9.99. The largest absolute Gasteiger partial charge is 0.493 e. The number of nitrogens with zero attached hydrogens (tertiary/aromatic N) is 5. The highest BCUT2D eigenvalue weighted by Gasteiger charge is 2.22. The fourth-order valence-electron chi connectivity index (χ4n) is 4.24. The highest BCUT2D eigenvalue weighted by Crippen LogP contribution is 2.33. The van der Waals surface area contributed by atoms with E-state index >= 15 is 0 Å². The summed E-state index contributed by atoms with van der Waals surface area (Å²) in [5.74, 6) is 2.31. The molecule has 0 N–H and O–H groups in total. The van der Waals surface area contributed by atoms with Crippen LogP contribution in [0.2, 0.25) is 0 Å². The van der Waals surface area contributed by atoms with Crippen molar-refractivity contribution in [3.8, 4) is 28.6 Å². The van der Waals surface area contributed by atoms with Crippen LogP contribution in [0.25, 0.3) is 17.1 Å². The molecule has 5 rings (SSSR count). The number of rotatable bonds is 6. The first kappa shape index (κ1) is 21.4. The summed E-state index contributed by atoms with van der Waals surface area (Å²) < 4.78 is 15.5. The molecule has 0 atom stereocenters. The second-order valence-corrected chi connectivity index (χ2v) is 8.30. The number of hydrogen-bond acceptors (Lipinski definition) is 6. The molecule has 0 radical (unpaired) electrons. The van der Waals surface area contributed by atoms with Gasteiger partial charge in [0.25, 0.3) is 0 Å². The van der Waals surface area contributed by atoms with Gasteiger partial charge >= 0.3 is 0 Å². The van der Waals surface area contributed by atoms with Crippen molar-refractivity contribution in [2.45, 2.75) is 19.6 Å². The number of aromatic nitrogens is 4. The number of methoxy groups -OCH3 is 2. The standard InChI is InChI=1S/C25H25N5O2S/c1-31-22-13-18-10-12-28(16-20(18)14-23(22)32-2)17-29-25(33)30(21-8-4-3-5-9-21)24(27-29)19-7-6-11-26-15-19/h3-9,11,13-15H,10,12,16-17H2,1-2H3. The van der Waals surface area contributed by atoms with Gasteiger partial charge in [0.2, 0.25) is 4.77 Å². The Hall–Kier alpha value is -3.49. The minimum Gasteiger partial charge on any atom is -0.493 e. The van der Waals surface area contributed by atoms with Crippen molar-refractivity contribution in [3.63, 3.8) is 0 Å². The van der Waals surface area contributed by atoms with E-state index in [1.165, 1.54) is 11.1 Å². The van der Waals surface area contributed by atoms with Crippen LogP contribution in [0, 0.1) is 4.77 Å². The summed E-state index contributed by atoms with van der Waals surface area (Å²) >= 11 is 5.89. The molecule has 2 aromatic heterocycles. The van der Waals surface area contributed by atoms with Gasteiger partial charge in [0.15, 0.2) is 17.3 Å². The van der Waals surface area contributed by atoms with E-state index < -0.39 is 0 Å². The number of pyridine rings is 1. The van der Waals surface area contributed by atoms with Gasteiger partial charge in [-0.15, -0.1) is 5.10 Å². The highest BCUT2D eigenvalue weighted by molar-refractivity contribution is 7.71. The lowest BCUT2D eigenvalue weighted by molar-refractivity contribution is 0.187. The number of benzene rings is 2. The molecule has 0 aliphatic carbocycles. The molecule has 0 saturated heterocycles.